The van der Waals surface area contributed by atoms with E-state index in [0.29, 0.717) is 30.6 Å². The van der Waals surface area contributed by atoms with Gasteiger partial charge in [-0.15, -0.1) is 0 Å². The molecule has 0 bridgehead atoms. The second kappa shape index (κ2) is 8.63. The van der Waals surface area contributed by atoms with Gasteiger partial charge < -0.3 is 20.5 Å². The minimum Gasteiger partial charge on any atom is -0.490 e. The van der Waals surface area contributed by atoms with E-state index in [2.05, 4.69) is 5.32 Å². The number of ether oxygens (including phenoxy) is 2. The summed E-state index contributed by atoms with van der Waals surface area (Å²) >= 11 is 0. The van der Waals surface area contributed by atoms with E-state index in [1.165, 1.54) is 6.42 Å². The highest BCUT2D eigenvalue weighted by Gasteiger charge is 2.25. The van der Waals surface area contributed by atoms with Crippen molar-refractivity contribution in [1.82, 2.24) is 5.32 Å². The Balaban J connectivity index is 1.85. The Labute approximate surface area is 132 Å². The van der Waals surface area contributed by atoms with Crippen LogP contribution in [0.3, 0.4) is 0 Å². The van der Waals surface area contributed by atoms with Gasteiger partial charge in [-0.3, -0.25) is 4.79 Å². The third-order valence-corrected chi connectivity index (χ3v) is 4.07. The molecule has 22 heavy (non-hydrogen) atoms. The molecule has 0 aliphatic heterocycles. The van der Waals surface area contributed by atoms with Crippen molar-refractivity contribution in [3.63, 3.8) is 0 Å². The summed E-state index contributed by atoms with van der Waals surface area (Å²) in [5.74, 6) is 1.54. The van der Waals surface area contributed by atoms with Gasteiger partial charge in [0.05, 0.1) is 6.61 Å². The van der Waals surface area contributed by atoms with Crippen LogP contribution in [0.4, 0.5) is 0 Å². The van der Waals surface area contributed by atoms with Crippen LogP contribution in [-0.4, -0.2) is 31.7 Å². The molecule has 1 fully saturated rings. The summed E-state index contributed by atoms with van der Waals surface area (Å²) < 4.78 is 11.1. The molecule has 2 rings (SSSR count). The lowest BCUT2D eigenvalue weighted by atomic mass is 9.84. The Kier molecular flexibility index (Phi) is 6.52. The van der Waals surface area contributed by atoms with Crippen LogP contribution < -0.4 is 20.5 Å². The summed E-state index contributed by atoms with van der Waals surface area (Å²) in [6, 6.07) is 7.56. The largest absolute Gasteiger partial charge is 0.490 e. The highest BCUT2D eigenvalue weighted by atomic mass is 16.5. The molecule has 1 saturated carbocycles. The highest BCUT2D eigenvalue weighted by molar-refractivity contribution is 5.78. The van der Waals surface area contributed by atoms with Crippen molar-refractivity contribution in [1.29, 1.82) is 0 Å². The molecule has 1 amide bonds. The van der Waals surface area contributed by atoms with Gasteiger partial charge in [0.15, 0.2) is 18.1 Å². The molecule has 0 heterocycles. The summed E-state index contributed by atoms with van der Waals surface area (Å²) in [6.07, 6.45) is 4.45. The zero-order valence-electron chi connectivity index (χ0n) is 13.2. The van der Waals surface area contributed by atoms with Gasteiger partial charge in [0.2, 0.25) is 0 Å². The standard InChI is InChI=1S/C17H26N2O3/c1-2-21-15-9-5-6-10-16(15)22-12-17(20)19-14-8-4-3-7-13(14)11-18/h5-6,9-10,13-14H,2-4,7-8,11-12,18H2,1H3,(H,19,20). The second-order valence-corrected chi connectivity index (χ2v) is 5.62. The van der Waals surface area contributed by atoms with E-state index >= 15 is 0 Å². The van der Waals surface area contributed by atoms with Gasteiger partial charge in [-0.1, -0.05) is 25.0 Å². The van der Waals surface area contributed by atoms with Gasteiger partial charge in [0.25, 0.3) is 5.91 Å². The molecule has 0 spiro atoms. The van der Waals surface area contributed by atoms with E-state index in [9.17, 15) is 4.79 Å². The smallest absolute Gasteiger partial charge is 0.258 e. The summed E-state index contributed by atoms with van der Waals surface area (Å²) in [4.78, 5) is 12.1. The maximum Gasteiger partial charge on any atom is 0.258 e. The van der Waals surface area contributed by atoms with Crippen LogP contribution in [0, 0.1) is 5.92 Å². The number of hydrogen-bond acceptors (Lipinski definition) is 4. The number of carbonyl (C=O) groups is 1. The van der Waals surface area contributed by atoms with E-state index in [1.54, 1.807) is 0 Å². The van der Waals surface area contributed by atoms with E-state index in [4.69, 9.17) is 15.2 Å². The number of carbonyl (C=O) groups excluding carboxylic acids is 1. The van der Waals surface area contributed by atoms with Crippen LogP contribution in [0.5, 0.6) is 11.5 Å². The van der Waals surface area contributed by atoms with Crippen molar-refractivity contribution < 1.29 is 14.3 Å². The first kappa shape index (κ1) is 16.6. The lowest BCUT2D eigenvalue weighted by molar-refractivity contribution is -0.124. The fraction of sp³-hybridized carbons (Fsp3) is 0.588. The van der Waals surface area contributed by atoms with Gasteiger partial charge >= 0.3 is 0 Å². The lowest BCUT2D eigenvalue weighted by Gasteiger charge is -2.31. The predicted molar refractivity (Wildman–Crippen MR) is 86.0 cm³/mol. The van der Waals surface area contributed by atoms with Crippen molar-refractivity contribution in [3.05, 3.63) is 24.3 Å². The van der Waals surface area contributed by atoms with Crippen molar-refractivity contribution in [2.75, 3.05) is 19.8 Å². The molecule has 2 unspecified atom stereocenters. The number of rotatable bonds is 7. The molecule has 0 aromatic heterocycles. The summed E-state index contributed by atoms with van der Waals surface area (Å²) in [6.45, 7) is 3.10. The molecule has 1 aromatic rings. The number of hydrogen-bond donors (Lipinski definition) is 2. The molecule has 0 saturated heterocycles. The monoisotopic (exact) mass is 306 g/mol. The Bertz CT molecular complexity index is 479. The molecule has 3 N–H and O–H groups in total. The minimum atomic E-state index is -0.100. The molecular formula is C17H26N2O3. The molecule has 2 atom stereocenters. The van der Waals surface area contributed by atoms with Crippen LogP contribution in [0.2, 0.25) is 0 Å². The summed E-state index contributed by atoms with van der Waals surface area (Å²) in [5.41, 5.74) is 5.79. The summed E-state index contributed by atoms with van der Waals surface area (Å²) in [7, 11) is 0. The lowest BCUT2D eigenvalue weighted by Crippen LogP contribution is -2.46. The molecule has 122 valence electrons. The number of nitrogens with two attached hydrogens (primary N) is 1. The molecular weight excluding hydrogens is 280 g/mol. The average Bonchev–Trinajstić information content (AvgIpc) is 2.55. The predicted octanol–water partition coefficient (Wildman–Crippen LogP) is 2.10. The third-order valence-electron chi connectivity index (χ3n) is 4.07. The van der Waals surface area contributed by atoms with Crippen LogP contribution in [0.25, 0.3) is 0 Å². The molecule has 1 aliphatic rings. The first-order chi connectivity index (χ1) is 10.7. The highest BCUT2D eigenvalue weighted by Crippen LogP contribution is 2.26. The Morgan fingerprint density at radius 2 is 1.91 bits per heavy atom. The van der Waals surface area contributed by atoms with E-state index in [0.717, 1.165) is 19.3 Å². The quantitative estimate of drug-likeness (QED) is 0.809. The van der Waals surface area contributed by atoms with Crippen LogP contribution in [0.15, 0.2) is 24.3 Å². The van der Waals surface area contributed by atoms with Crippen molar-refractivity contribution in [2.45, 2.75) is 38.6 Å². The van der Waals surface area contributed by atoms with Gasteiger partial charge in [0, 0.05) is 6.04 Å². The van der Waals surface area contributed by atoms with Gasteiger partial charge in [0.1, 0.15) is 0 Å². The number of amides is 1. The van der Waals surface area contributed by atoms with Gasteiger partial charge in [-0.25, -0.2) is 0 Å². The molecule has 5 nitrogen and oxygen atoms in total. The van der Waals surface area contributed by atoms with Crippen molar-refractivity contribution >= 4 is 5.91 Å². The van der Waals surface area contributed by atoms with E-state index in [1.807, 2.05) is 31.2 Å². The first-order valence-corrected chi connectivity index (χ1v) is 8.08. The molecule has 0 radical (unpaired) electrons. The first-order valence-electron chi connectivity index (χ1n) is 8.08. The fourth-order valence-electron chi connectivity index (χ4n) is 2.92. The minimum absolute atomic E-state index is 0.00210. The maximum atomic E-state index is 12.1. The number of nitrogens with one attached hydrogen (secondary N) is 1. The SMILES string of the molecule is CCOc1ccccc1OCC(=O)NC1CCCCC1CN. The average molecular weight is 306 g/mol. The van der Waals surface area contributed by atoms with Crippen LogP contribution >= 0.6 is 0 Å². The van der Waals surface area contributed by atoms with Gasteiger partial charge in [-0.05, 0) is 44.4 Å². The number of benzene rings is 1. The normalized spacial score (nSPS) is 21.2. The topological polar surface area (TPSA) is 73.6 Å². The zero-order chi connectivity index (χ0) is 15.8. The Morgan fingerprint density at radius 1 is 1.23 bits per heavy atom. The zero-order valence-corrected chi connectivity index (χ0v) is 13.2. The van der Waals surface area contributed by atoms with E-state index in [-0.39, 0.29) is 18.6 Å². The van der Waals surface area contributed by atoms with Crippen molar-refractivity contribution in [3.8, 4) is 11.5 Å². The molecule has 1 aliphatic carbocycles. The van der Waals surface area contributed by atoms with Crippen LogP contribution in [0.1, 0.15) is 32.6 Å². The Morgan fingerprint density at radius 3 is 2.59 bits per heavy atom. The van der Waals surface area contributed by atoms with E-state index < -0.39 is 0 Å². The summed E-state index contributed by atoms with van der Waals surface area (Å²) in [5, 5.41) is 3.06. The van der Waals surface area contributed by atoms with Crippen LogP contribution in [-0.2, 0) is 4.79 Å². The fourth-order valence-corrected chi connectivity index (χ4v) is 2.92. The molecule has 5 heteroatoms. The third kappa shape index (κ3) is 4.63. The van der Waals surface area contributed by atoms with Gasteiger partial charge in [-0.2, -0.15) is 0 Å². The Hall–Kier alpha value is -1.75. The van der Waals surface area contributed by atoms with Crippen molar-refractivity contribution in [2.24, 2.45) is 11.7 Å². The molecule has 1 aromatic carbocycles. The maximum absolute atomic E-state index is 12.1. The second-order valence-electron chi connectivity index (χ2n) is 5.62. The number of para-hydroxylation sites is 2.